The number of carbonyl (C=O) groups is 2. The molecule has 1 aliphatic heterocycles. The number of methoxy groups -OCH3 is 1. The lowest BCUT2D eigenvalue weighted by Gasteiger charge is -2.26. The lowest BCUT2D eigenvalue weighted by molar-refractivity contribution is 0.0724. The van der Waals surface area contributed by atoms with Crippen LogP contribution in [0, 0.1) is 11.3 Å². The second-order valence-corrected chi connectivity index (χ2v) is 8.35. The fourth-order valence-electron chi connectivity index (χ4n) is 4.13. The number of carbonyl (C=O) groups excluding carboxylic acids is 2. The molecular formula is C25H28N6O3. The molecule has 1 N–H and O–H groups in total. The van der Waals surface area contributed by atoms with E-state index < -0.39 is 0 Å². The number of hydrogen-bond acceptors (Lipinski definition) is 6. The number of aromatic nitrogens is 3. The van der Waals surface area contributed by atoms with Crippen molar-refractivity contribution in [2.24, 2.45) is 0 Å². The van der Waals surface area contributed by atoms with Gasteiger partial charge in [-0.15, -0.1) is 0 Å². The first kappa shape index (κ1) is 23.4. The van der Waals surface area contributed by atoms with Gasteiger partial charge in [-0.05, 0) is 56.4 Å². The normalized spacial score (nSPS) is 13.6. The third kappa shape index (κ3) is 5.24. The summed E-state index contributed by atoms with van der Waals surface area (Å²) in [7, 11) is 1.66. The maximum absolute atomic E-state index is 12.9. The van der Waals surface area contributed by atoms with Crippen molar-refractivity contribution in [2.75, 3.05) is 32.1 Å². The Morgan fingerprint density at radius 1 is 1.15 bits per heavy atom. The van der Waals surface area contributed by atoms with E-state index in [0.717, 1.165) is 45.2 Å². The van der Waals surface area contributed by atoms with E-state index in [1.165, 1.54) is 6.07 Å². The predicted octanol–water partition coefficient (Wildman–Crippen LogP) is 3.61. The number of likely N-dealkylation sites (tertiary alicyclic amines) is 1. The average Bonchev–Trinajstić information content (AvgIpc) is 3.22. The zero-order chi connectivity index (χ0) is 23.9. The Morgan fingerprint density at radius 2 is 1.97 bits per heavy atom. The van der Waals surface area contributed by atoms with E-state index in [0.29, 0.717) is 47.0 Å². The first-order valence-electron chi connectivity index (χ1n) is 11.6. The number of ether oxygens (including phenoxy) is 1. The number of nitrogens with one attached hydrogen (secondary N) is 1. The monoisotopic (exact) mass is 460 g/mol. The molecule has 2 amide bonds. The lowest BCUT2D eigenvalue weighted by atomic mass is 10.1. The van der Waals surface area contributed by atoms with Crippen LogP contribution in [0.1, 0.15) is 58.4 Å². The highest BCUT2D eigenvalue weighted by molar-refractivity contribution is 6.04. The van der Waals surface area contributed by atoms with Gasteiger partial charge in [0.2, 0.25) is 5.95 Å². The molecule has 0 unspecified atom stereocenters. The minimum atomic E-state index is -0.366. The highest BCUT2D eigenvalue weighted by atomic mass is 16.5. The second-order valence-electron chi connectivity index (χ2n) is 8.35. The van der Waals surface area contributed by atoms with E-state index in [1.54, 1.807) is 37.6 Å². The molecule has 0 radical (unpaired) electrons. The first-order chi connectivity index (χ1) is 16.6. The van der Waals surface area contributed by atoms with Crippen LogP contribution in [0.25, 0.3) is 11.2 Å². The second kappa shape index (κ2) is 10.9. The Hall–Kier alpha value is -3.77. The van der Waals surface area contributed by atoms with Crippen LogP contribution in [-0.4, -0.2) is 58.1 Å². The molecule has 1 aliphatic rings. The predicted molar refractivity (Wildman–Crippen MR) is 128 cm³/mol. The van der Waals surface area contributed by atoms with Crippen LogP contribution in [0.5, 0.6) is 0 Å². The minimum Gasteiger partial charge on any atom is -0.385 e. The molecule has 0 saturated carbocycles. The number of amides is 2. The number of anilines is 1. The van der Waals surface area contributed by atoms with Crippen molar-refractivity contribution >= 4 is 28.9 Å². The molecule has 0 bridgehead atoms. The SMILES string of the molecule is COCCCCn1c(NC(=O)c2cccc(C#N)c2)nc2cc(C(=O)N3CCCCC3)cnc21. The summed E-state index contributed by atoms with van der Waals surface area (Å²) in [6.07, 6.45) is 6.42. The van der Waals surface area contributed by atoms with Gasteiger partial charge < -0.3 is 9.64 Å². The van der Waals surface area contributed by atoms with E-state index in [9.17, 15) is 9.59 Å². The summed E-state index contributed by atoms with van der Waals surface area (Å²) >= 11 is 0. The van der Waals surface area contributed by atoms with Gasteiger partial charge in [-0.3, -0.25) is 19.5 Å². The fourth-order valence-corrected chi connectivity index (χ4v) is 4.13. The van der Waals surface area contributed by atoms with Crippen molar-refractivity contribution in [3.8, 4) is 6.07 Å². The third-order valence-corrected chi connectivity index (χ3v) is 5.93. The molecule has 0 atom stereocenters. The summed E-state index contributed by atoms with van der Waals surface area (Å²) in [4.78, 5) is 36.9. The van der Waals surface area contributed by atoms with Gasteiger partial charge in [0.15, 0.2) is 5.65 Å². The standard InChI is InChI=1S/C25H28N6O3/c1-34-13-6-5-12-31-22-21(15-20(17-27-22)24(33)30-10-3-2-4-11-30)28-25(31)29-23(32)19-9-7-8-18(14-19)16-26/h7-9,14-15,17H,2-6,10-13H2,1H3,(H,28,29,32). The van der Waals surface area contributed by atoms with Crippen LogP contribution in [-0.2, 0) is 11.3 Å². The fraction of sp³-hybridized carbons (Fsp3) is 0.400. The van der Waals surface area contributed by atoms with Crippen LogP contribution in [0.3, 0.4) is 0 Å². The van der Waals surface area contributed by atoms with Crippen LogP contribution in [0.2, 0.25) is 0 Å². The van der Waals surface area contributed by atoms with Gasteiger partial charge in [0, 0.05) is 45.1 Å². The summed E-state index contributed by atoms with van der Waals surface area (Å²) in [5.74, 6) is -0.0485. The molecule has 9 nitrogen and oxygen atoms in total. The number of piperidine rings is 1. The van der Waals surface area contributed by atoms with Crippen molar-refractivity contribution in [1.29, 1.82) is 5.26 Å². The minimum absolute atomic E-state index is 0.0392. The number of rotatable bonds is 8. The van der Waals surface area contributed by atoms with Crippen molar-refractivity contribution in [1.82, 2.24) is 19.4 Å². The van der Waals surface area contributed by atoms with E-state index in [4.69, 9.17) is 10.00 Å². The van der Waals surface area contributed by atoms with Crippen molar-refractivity contribution < 1.29 is 14.3 Å². The quantitative estimate of drug-likeness (QED) is 0.514. The Balaban J connectivity index is 1.63. The molecule has 4 rings (SSSR count). The molecule has 3 heterocycles. The van der Waals surface area contributed by atoms with Crippen LogP contribution < -0.4 is 5.32 Å². The number of benzene rings is 1. The number of nitrogens with zero attached hydrogens (tertiary/aromatic N) is 5. The zero-order valence-electron chi connectivity index (χ0n) is 19.3. The highest BCUT2D eigenvalue weighted by Crippen LogP contribution is 2.22. The summed E-state index contributed by atoms with van der Waals surface area (Å²) in [5, 5.41) is 12.0. The van der Waals surface area contributed by atoms with Gasteiger partial charge in [-0.2, -0.15) is 5.26 Å². The Kier molecular flexibility index (Phi) is 7.50. The summed E-state index contributed by atoms with van der Waals surface area (Å²) in [5.41, 5.74) is 2.43. The van der Waals surface area contributed by atoms with E-state index >= 15 is 0 Å². The van der Waals surface area contributed by atoms with E-state index in [2.05, 4.69) is 15.3 Å². The molecule has 9 heteroatoms. The number of aryl methyl sites for hydroxylation is 1. The Bertz CT molecular complexity index is 1220. The molecule has 1 aromatic carbocycles. The maximum atomic E-state index is 12.9. The van der Waals surface area contributed by atoms with E-state index in [1.807, 2.05) is 15.5 Å². The molecule has 0 aliphatic carbocycles. The van der Waals surface area contributed by atoms with E-state index in [-0.39, 0.29) is 11.8 Å². The number of imidazole rings is 1. The largest absolute Gasteiger partial charge is 0.385 e. The van der Waals surface area contributed by atoms with Crippen molar-refractivity contribution in [3.05, 3.63) is 53.2 Å². The molecule has 0 spiro atoms. The molecule has 1 saturated heterocycles. The number of nitriles is 1. The first-order valence-corrected chi connectivity index (χ1v) is 11.6. The maximum Gasteiger partial charge on any atom is 0.258 e. The van der Waals surface area contributed by atoms with Crippen molar-refractivity contribution in [3.63, 3.8) is 0 Å². The lowest BCUT2D eigenvalue weighted by Crippen LogP contribution is -2.35. The Labute approximate surface area is 198 Å². The number of hydrogen-bond donors (Lipinski definition) is 1. The number of pyridine rings is 1. The third-order valence-electron chi connectivity index (χ3n) is 5.93. The van der Waals surface area contributed by atoms with Crippen LogP contribution >= 0.6 is 0 Å². The molecule has 1 fully saturated rings. The van der Waals surface area contributed by atoms with Crippen molar-refractivity contribution in [2.45, 2.75) is 38.6 Å². The topological polar surface area (TPSA) is 113 Å². The smallest absolute Gasteiger partial charge is 0.258 e. The van der Waals surface area contributed by atoms with Gasteiger partial charge in [-0.25, -0.2) is 9.97 Å². The van der Waals surface area contributed by atoms with Crippen LogP contribution in [0.4, 0.5) is 5.95 Å². The summed E-state index contributed by atoms with van der Waals surface area (Å²) in [6.45, 7) is 2.74. The molecule has 34 heavy (non-hydrogen) atoms. The highest BCUT2D eigenvalue weighted by Gasteiger charge is 2.21. The molecule has 2 aromatic heterocycles. The molecule has 3 aromatic rings. The zero-order valence-corrected chi connectivity index (χ0v) is 19.3. The number of fused-ring (bicyclic) bond motifs is 1. The van der Waals surface area contributed by atoms with Gasteiger partial charge in [-0.1, -0.05) is 6.07 Å². The molecular weight excluding hydrogens is 432 g/mol. The Morgan fingerprint density at radius 3 is 2.74 bits per heavy atom. The summed E-state index contributed by atoms with van der Waals surface area (Å²) in [6, 6.07) is 10.3. The number of unbranched alkanes of at least 4 members (excludes halogenated alkanes) is 1. The molecule has 176 valence electrons. The van der Waals surface area contributed by atoms with Gasteiger partial charge in [0.1, 0.15) is 5.52 Å². The average molecular weight is 461 g/mol. The summed E-state index contributed by atoms with van der Waals surface area (Å²) < 4.78 is 7.00. The van der Waals surface area contributed by atoms with Gasteiger partial charge >= 0.3 is 0 Å². The van der Waals surface area contributed by atoms with Gasteiger partial charge in [0.25, 0.3) is 11.8 Å². The van der Waals surface area contributed by atoms with Crippen LogP contribution in [0.15, 0.2) is 36.5 Å². The van der Waals surface area contributed by atoms with Gasteiger partial charge in [0.05, 0.1) is 17.2 Å².